The van der Waals surface area contributed by atoms with E-state index in [4.69, 9.17) is 4.42 Å². The first-order valence-corrected chi connectivity index (χ1v) is 8.63. The molecule has 0 radical (unpaired) electrons. The smallest absolute Gasteiger partial charge is 0.122 e. The first kappa shape index (κ1) is 13.8. The Kier molecular flexibility index (Phi) is 4.01. The molecule has 4 rings (SSSR count). The van der Waals surface area contributed by atoms with Crippen LogP contribution in [0.15, 0.2) is 16.7 Å². The van der Waals surface area contributed by atoms with E-state index in [1.165, 1.54) is 69.6 Å². The monoisotopic (exact) mass is 289 g/mol. The number of likely N-dealkylation sites (tertiary alicyclic amines) is 2. The van der Waals surface area contributed by atoms with Crippen molar-refractivity contribution in [2.75, 3.05) is 26.2 Å². The first-order valence-electron chi connectivity index (χ1n) is 8.63. The zero-order chi connectivity index (χ0) is 14.1. The number of furan rings is 1. The van der Waals surface area contributed by atoms with Crippen molar-refractivity contribution < 1.29 is 4.42 Å². The molecule has 3 heterocycles. The average Bonchev–Trinajstić information content (AvgIpc) is 2.93. The first-order chi connectivity index (χ1) is 10.4. The van der Waals surface area contributed by atoms with Crippen LogP contribution in [0.2, 0.25) is 0 Å². The van der Waals surface area contributed by atoms with E-state index in [1.54, 1.807) is 0 Å². The van der Waals surface area contributed by atoms with E-state index in [-0.39, 0.29) is 0 Å². The quantitative estimate of drug-likeness (QED) is 0.870. The molecule has 4 heteroatoms. The molecule has 3 aliphatic rings. The number of hydrogen-bond donors (Lipinski definition) is 1. The zero-order valence-corrected chi connectivity index (χ0v) is 12.9. The van der Waals surface area contributed by atoms with Crippen LogP contribution in [0.25, 0.3) is 0 Å². The number of hydrogen-bond acceptors (Lipinski definition) is 4. The van der Waals surface area contributed by atoms with E-state index in [0.717, 1.165) is 25.2 Å². The van der Waals surface area contributed by atoms with Gasteiger partial charge in [-0.1, -0.05) is 0 Å². The Morgan fingerprint density at radius 3 is 2.81 bits per heavy atom. The van der Waals surface area contributed by atoms with Gasteiger partial charge in [-0.2, -0.15) is 0 Å². The summed E-state index contributed by atoms with van der Waals surface area (Å²) in [5.41, 5.74) is 1.35. The van der Waals surface area contributed by atoms with Gasteiger partial charge in [0.2, 0.25) is 0 Å². The molecule has 1 saturated carbocycles. The molecular formula is C17H27N3O. The number of nitrogens with zero attached hydrogens (tertiary/aromatic N) is 2. The Morgan fingerprint density at radius 1 is 1.14 bits per heavy atom. The van der Waals surface area contributed by atoms with Gasteiger partial charge in [0.15, 0.2) is 0 Å². The molecule has 2 saturated heterocycles. The summed E-state index contributed by atoms with van der Waals surface area (Å²) in [6.45, 7) is 7.03. The predicted octanol–water partition coefficient (Wildman–Crippen LogP) is 2.20. The van der Waals surface area contributed by atoms with Gasteiger partial charge in [0.05, 0.1) is 12.8 Å². The maximum Gasteiger partial charge on any atom is 0.122 e. The van der Waals surface area contributed by atoms with Gasteiger partial charge in [0.1, 0.15) is 5.76 Å². The summed E-state index contributed by atoms with van der Waals surface area (Å²) in [4.78, 5) is 5.26. The maximum absolute atomic E-state index is 5.74. The molecule has 116 valence electrons. The minimum absolute atomic E-state index is 0.763. The van der Waals surface area contributed by atoms with Crippen molar-refractivity contribution in [1.82, 2.24) is 15.1 Å². The van der Waals surface area contributed by atoms with Gasteiger partial charge < -0.3 is 9.73 Å². The van der Waals surface area contributed by atoms with Crippen LogP contribution in [-0.2, 0) is 13.1 Å². The Balaban J connectivity index is 1.30. The highest BCUT2D eigenvalue weighted by Crippen LogP contribution is 2.24. The second-order valence-electron chi connectivity index (χ2n) is 6.94. The van der Waals surface area contributed by atoms with Crippen molar-refractivity contribution in [1.29, 1.82) is 0 Å². The standard InChI is InChI=1S/C17H27N3O/c1-2-8-20(7-1)16-5-9-19(12-16)13-17-14(6-10-21-17)11-18-15-3-4-15/h6,10,15-16,18H,1-5,7-9,11-13H2. The lowest BCUT2D eigenvalue weighted by Gasteiger charge is -2.23. The molecule has 1 aromatic heterocycles. The summed E-state index contributed by atoms with van der Waals surface area (Å²) in [7, 11) is 0. The van der Waals surface area contributed by atoms with Gasteiger partial charge >= 0.3 is 0 Å². The van der Waals surface area contributed by atoms with Crippen molar-refractivity contribution in [3.63, 3.8) is 0 Å². The minimum atomic E-state index is 0.763. The van der Waals surface area contributed by atoms with E-state index in [1.807, 2.05) is 6.26 Å². The molecule has 1 atom stereocenters. The fraction of sp³-hybridized carbons (Fsp3) is 0.765. The third-order valence-corrected chi connectivity index (χ3v) is 5.27. The molecule has 1 aromatic rings. The highest BCUT2D eigenvalue weighted by atomic mass is 16.3. The molecule has 0 amide bonds. The Bertz CT molecular complexity index is 462. The molecule has 21 heavy (non-hydrogen) atoms. The average molecular weight is 289 g/mol. The van der Waals surface area contributed by atoms with E-state index in [9.17, 15) is 0 Å². The van der Waals surface area contributed by atoms with Gasteiger partial charge in [-0.15, -0.1) is 0 Å². The molecule has 4 nitrogen and oxygen atoms in total. The van der Waals surface area contributed by atoms with E-state index in [0.29, 0.717) is 0 Å². The van der Waals surface area contributed by atoms with E-state index < -0.39 is 0 Å². The van der Waals surface area contributed by atoms with Crippen LogP contribution in [0.1, 0.15) is 43.4 Å². The Hall–Kier alpha value is -0.840. The van der Waals surface area contributed by atoms with Gasteiger partial charge in [-0.05, 0) is 51.3 Å². The third-order valence-electron chi connectivity index (χ3n) is 5.27. The van der Waals surface area contributed by atoms with Crippen LogP contribution in [-0.4, -0.2) is 48.1 Å². The van der Waals surface area contributed by atoms with Crippen molar-refractivity contribution in [2.45, 2.75) is 57.3 Å². The minimum Gasteiger partial charge on any atom is -0.468 e. The van der Waals surface area contributed by atoms with Crippen LogP contribution in [0, 0.1) is 0 Å². The lowest BCUT2D eigenvalue weighted by atomic mass is 10.2. The topological polar surface area (TPSA) is 31.6 Å². The van der Waals surface area contributed by atoms with Gasteiger partial charge in [-0.3, -0.25) is 9.80 Å². The fourth-order valence-electron chi connectivity index (χ4n) is 3.77. The molecule has 1 unspecified atom stereocenters. The van der Waals surface area contributed by atoms with Gasteiger partial charge in [-0.25, -0.2) is 0 Å². The Morgan fingerprint density at radius 2 is 2.00 bits per heavy atom. The molecule has 2 aliphatic heterocycles. The molecule has 0 bridgehead atoms. The lowest BCUT2D eigenvalue weighted by molar-refractivity contribution is 0.223. The highest BCUT2D eigenvalue weighted by molar-refractivity contribution is 5.17. The normalized spacial score (nSPS) is 27.7. The second kappa shape index (κ2) is 6.11. The van der Waals surface area contributed by atoms with E-state index >= 15 is 0 Å². The zero-order valence-electron chi connectivity index (χ0n) is 12.9. The predicted molar refractivity (Wildman–Crippen MR) is 83.1 cm³/mol. The van der Waals surface area contributed by atoms with Crippen LogP contribution >= 0.6 is 0 Å². The van der Waals surface area contributed by atoms with E-state index in [2.05, 4.69) is 21.2 Å². The lowest BCUT2D eigenvalue weighted by Crippen LogP contribution is -2.35. The summed E-state index contributed by atoms with van der Waals surface area (Å²) < 4.78 is 5.74. The third kappa shape index (κ3) is 3.33. The molecule has 1 N–H and O–H groups in total. The summed E-state index contributed by atoms with van der Waals surface area (Å²) >= 11 is 0. The molecule has 0 spiro atoms. The fourth-order valence-corrected chi connectivity index (χ4v) is 3.77. The summed E-state index contributed by atoms with van der Waals surface area (Å²) in [5, 5.41) is 3.59. The SMILES string of the molecule is c1cc(CNC2CC2)c(CN2CCC(N3CCCC3)C2)o1. The Labute approximate surface area is 127 Å². The highest BCUT2D eigenvalue weighted by Gasteiger charge is 2.30. The van der Waals surface area contributed by atoms with Gasteiger partial charge in [0, 0.05) is 37.3 Å². The number of nitrogens with one attached hydrogen (secondary N) is 1. The van der Waals surface area contributed by atoms with Crippen LogP contribution in [0.4, 0.5) is 0 Å². The number of rotatable bonds is 6. The summed E-state index contributed by atoms with van der Waals surface area (Å²) in [5.74, 6) is 1.17. The van der Waals surface area contributed by atoms with Crippen molar-refractivity contribution in [3.8, 4) is 0 Å². The molecule has 0 aromatic carbocycles. The van der Waals surface area contributed by atoms with Crippen molar-refractivity contribution in [3.05, 3.63) is 23.7 Å². The molecule has 1 aliphatic carbocycles. The van der Waals surface area contributed by atoms with Crippen molar-refractivity contribution in [2.24, 2.45) is 0 Å². The maximum atomic E-state index is 5.74. The molecule has 3 fully saturated rings. The molecular weight excluding hydrogens is 262 g/mol. The summed E-state index contributed by atoms with van der Waals surface area (Å²) in [6, 6.07) is 3.69. The summed E-state index contributed by atoms with van der Waals surface area (Å²) in [6.07, 6.45) is 8.66. The van der Waals surface area contributed by atoms with Crippen LogP contribution in [0.5, 0.6) is 0 Å². The van der Waals surface area contributed by atoms with Gasteiger partial charge in [0.25, 0.3) is 0 Å². The van der Waals surface area contributed by atoms with Crippen LogP contribution in [0.3, 0.4) is 0 Å². The largest absolute Gasteiger partial charge is 0.468 e. The van der Waals surface area contributed by atoms with Crippen molar-refractivity contribution >= 4 is 0 Å². The van der Waals surface area contributed by atoms with Crippen LogP contribution < -0.4 is 5.32 Å². The second-order valence-corrected chi connectivity index (χ2v) is 6.94.